The summed E-state index contributed by atoms with van der Waals surface area (Å²) in [7, 11) is 0. The number of nitrogens with one attached hydrogen (secondary N) is 2. The van der Waals surface area contributed by atoms with Crippen LogP contribution in [0.4, 0.5) is 0 Å². The van der Waals surface area contributed by atoms with Crippen LogP contribution in [0.3, 0.4) is 0 Å². The van der Waals surface area contributed by atoms with E-state index in [1.807, 2.05) is 39.8 Å². The number of amides is 1. The van der Waals surface area contributed by atoms with Crippen molar-refractivity contribution in [1.29, 1.82) is 0 Å². The van der Waals surface area contributed by atoms with Crippen LogP contribution >= 0.6 is 11.6 Å². The molecule has 1 rings (SSSR count). The average Bonchev–Trinajstić information content (AvgIpc) is 2.43. The first-order chi connectivity index (χ1) is 10.3. The molecule has 1 aromatic carbocycles. The van der Waals surface area contributed by atoms with Crippen molar-refractivity contribution < 1.29 is 9.59 Å². The van der Waals surface area contributed by atoms with E-state index in [1.165, 1.54) is 0 Å². The highest BCUT2D eigenvalue weighted by Crippen LogP contribution is 2.13. The molecule has 0 bridgehead atoms. The molecule has 2 N–H and O–H groups in total. The van der Waals surface area contributed by atoms with Crippen LogP contribution < -0.4 is 10.6 Å². The first-order valence-electron chi connectivity index (χ1n) is 7.60. The number of halogens is 1. The predicted molar refractivity (Wildman–Crippen MR) is 90.1 cm³/mol. The molecular formula is C17H25ClN2O2. The van der Waals surface area contributed by atoms with E-state index >= 15 is 0 Å². The topological polar surface area (TPSA) is 58.2 Å². The third kappa shape index (κ3) is 6.58. The van der Waals surface area contributed by atoms with Crippen molar-refractivity contribution in [3.05, 3.63) is 34.9 Å². The number of hydrogen-bond acceptors (Lipinski definition) is 3. The maximum atomic E-state index is 12.3. The average molecular weight is 325 g/mol. The van der Waals surface area contributed by atoms with Gasteiger partial charge in [0.05, 0.1) is 12.6 Å². The summed E-state index contributed by atoms with van der Waals surface area (Å²) >= 11 is 5.88. The van der Waals surface area contributed by atoms with E-state index in [2.05, 4.69) is 10.6 Å². The van der Waals surface area contributed by atoms with Gasteiger partial charge in [-0.15, -0.1) is 0 Å². The minimum Gasteiger partial charge on any atom is -0.353 e. The lowest BCUT2D eigenvalue weighted by Crippen LogP contribution is -2.46. The number of ketones is 1. The summed E-state index contributed by atoms with van der Waals surface area (Å²) in [6.07, 6.45) is 0.545. The fraction of sp³-hybridized carbons (Fsp3) is 0.529. The zero-order valence-corrected chi connectivity index (χ0v) is 14.4. The van der Waals surface area contributed by atoms with E-state index in [0.29, 0.717) is 11.4 Å². The first-order valence-corrected chi connectivity index (χ1v) is 7.98. The van der Waals surface area contributed by atoms with Gasteiger partial charge in [-0.2, -0.15) is 0 Å². The lowest BCUT2D eigenvalue weighted by molar-refractivity contribution is -0.124. The first kappa shape index (κ1) is 18.7. The molecule has 4 nitrogen and oxygen atoms in total. The lowest BCUT2D eigenvalue weighted by atomic mass is 9.95. The van der Waals surface area contributed by atoms with E-state index < -0.39 is 0 Å². The number of benzene rings is 1. The molecule has 122 valence electrons. The van der Waals surface area contributed by atoms with E-state index in [9.17, 15) is 9.59 Å². The molecular weight excluding hydrogens is 300 g/mol. The van der Waals surface area contributed by atoms with Crippen molar-refractivity contribution in [1.82, 2.24) is 10.6 Å². The smallest absolute Gasteiger partial charge is 0.234 e. The van der Waals surface area contributed by atoms with Gasteiger partial charge < -0.3 is 5.32 Å². The highest BCUT2D eigenvalue weighted by Gasteiger charge is 2.22. The standard InChI is InChI=1S/C17H25ClN2O2/c1-11(2)17(22)15(19-10-16(21)20-12(3)4)9-13-5-7-14(18)8-6-13/h5-8,11-12,15,19H,9-10H2,1-4H3,(H,20,21)/t15-/m1/s1. The van der Waals surface area contributed by atoms with Gasteiger partial charge in [0.1, 0.15) is 0 Å². The maximum absolute atomic E-state index is 12.3. The quantitative estimate of drug-likeness (QED) is 0.772. The van der Waals surface area contributed by atoms with Crippen LogP contribution in [0.25, 0.3) is 0 Å². The number of carbonyl (C=O) groups excluding carboxylic acids is 2. The van der Waals surface area contributed by atoms with Gasteiger partial charge in [0.2, 0.25) is 5.91 Å². The van der Waals surface area contributed by atoms with E-state index in [-0.39, 0.29) is 36.2 Å². The van der Waals surface area contributed by atoms with Gasteiger partial charge in [-0.25, -0.2) is 0 Å². The molecule has 0 saturated heterocycles. The molecule has 1 aromatic rings. The Morgan fingerprint density at radius 2 is 1.68 bits per heavy atom. The molecule has 1 amide bonds. The van der Waals surface area contributed by atoms with Crippen LogP contribution in [-0.4, -0.2) is 30.3 Å². The third-order valence-corrected chi connectivity index (χ3v) is 3.48. The van der Waals surface area contributed by atoms with Crippen molar-refractivity contribution in [2.24, 2.45) is 5.92 Å². The molecule has 0 unspecified atom stereocenters. The molecule has 1 atom stereocenters. The zero-order chi connectivity index (χ0) is 16.7. The highest BCUT2D eigenvalue weighted by molar-refractivity contribution is 6.30. The minimum absolute atomic E-state index is 0.0852. The molecule has 0 radical (unpaired) electrons. The van der Waals surface area contributed by atoms with Crippen LogP contribution in [0.1, 0.15) is 33.3 Å². The molecule has 0 aliphatic heterocycles. The molecule has 0 aliphatic rings. The molecule has 0 fully saturated rings. The lowest BCUT2D eigenvalue weighted by Gasteiger charge is -2.20. The largest absolute Gasteiger partial charge is 0.353 e. The van der Waals surface area contributed by atoms with Gasteiger partial charge in [-0.05, 0) is 38.0 Å². The van der Waals surface area contributed by atoms with Crippen LogP contribution in [0.2, 0.25) is 5.02 Å². The second-order valence-corrected chi connectivity index (χ2v) is 6.48. The van der Waals surface area contributed by atoms with Crippen molar-refractivity contribution in [2.45, 2.75) is 46.2 Å². The fourth-order valence-corrected chi connectivity index (χ4v) is 2.25. The van der Waals surface area contributed by atoms with Crippen molar-refractivity contribution in [3.8, 4) is 0 Å². The number of rotatable bonds is 8. The molecule has 0 aromatic heterocycles. The number of hydrogen-bond donors (Lipinski definition) is 2. The van der Waals surface area contributed by atoms with Gasteiger partial charge in [0.25, 0.3) is 0 Å². The minimum atomic E-state index is -0.376. The van der Waals surface area contributed by atoms with E-state index in [1.54, 1.807) is 12.1 Å². The van der Waals surface area contributed by atoms with Gasteiger partial charge >= 0.3 is 0 Å². The van der Waals surface area contributed by atoms with Crippen LogP contribution in [0, 0.1) is 5.92 Å². The fourth-order valence-electron chi connectivity index (χ4n) is 2.12. The summed E-state index contributed by atoms with van der Waals surface area (Å²) in [5, 5.41) is 6.55. The predicted octanol–water partition coefficient (Wildman–Crippen LogP) is 2.59. The Morgan fingerprint density at radius 1 is 1.09 bits per heavy atom. The van der Waals surface area contributed by atoms with Gasteiger partial charge in [0.15, 0.2) is 5.78 Å². The third-order valence-electron chi connectivity index (χ3n) is 3.22. The Hall–Kier alpha value is -1.39. The Kier molecular flexibility index (Phi) is 7.56. The van der Waals surface area contributed by atoms with Crippen LogP contribution in [0.5, 0.6) is 0 Å². The number of Topliss-reactive ketones (excluding diaryl/α,β-unsaturated/α-hetero) is 1. The molecule has 5 heteroatoms. The summed E-state index contributed by atoms with van der Waals surface area (Å²) in [5.41, 5.74) is 1.01. The molecule has 0 spiro atoms. The molecule has 22 heavy (non-hydrogen) atoms. The highest BCUT2D eigenvalue weighted by atomic mass is 35.5. The Labute approximate surface area is 137 Å². The second kappa shape index (κ2) is 8.91. The second-order valence-electron chi connectivity index (χ2n) is 6.04. The maximum Gasteiger partial charge on any atom is 0.234 e. The number of carbonyl (C=O) groups is 2. The molecule has 0 heterocycles. The monoisotopic (exact) mass is 324 g/mol. The van der Waals surface area contributed by atoms with Gasteiger partial charge in [0, 0.05) is 17.0 Å². The Bertz CT molecular complexity index is 498. The van der Waals surface area contributed by atoms with Crippen molar-refractivity contribution in [2.75, 3.05) is 6.54 Å². The Morgan fingerprint density at radius 3 is 2.18 bits per heavy atom. The summed E-state index contributed by atoms with van der Waals surface area (Å²) in [6.45, 7) is 7.68. The van der Waals surface area contributed by atoms with Gasteiger partial charge in [-0.3, -0.25) is 14.9 Å². The summed E-state index contributed by atoms with van der Waals surface area (Å²) in [5.74, 6) is -0.0853. The Balaban J connectivity index is 2.70. The van der Waals surface area contributed by atoms with Crippen molar-refractivity contribution in [3.63, 3.8) is 0 Å². The van der Waals surface area contributed by atoms with E-state index in [0.717, 1.165) is 5.56 Å². The SMILES string of the molecule is CC(C)NC(=O)CN[C@H](Cc1ccc(Cl)cc1)C(=O)C(C)C. The summed E-state index contributed by atoms with van der Waals surface area (Å²) in [4.78, 5) is 24.1. The molecule has 0 aliphatic carbocycles. The normalized spacial score (nSPS) is 12.5. The van der Waals surface area contributed by atoms with Gasteiger partial charge in [-0.1, -0.05) is 37.6 Å². The van der Waals surface area contributed by atoms with Crippen molar-refractivity contribution >= 4 is 23.3 Å². The van der Waals surface area contributed by atoms with Crippen LogP contribution in [-0.2, 0) is 16.0 Å². The zero-order valence-electron chi connectivity index (χ0n) is 13.7. The summed E-state index contributed by atoms with van der Waals surface area (Å²) in [6, 6.07) is 7.12. The molecule has 0 saturated carbocycles. The summed E-state index contributed by atoms with van der Waals surface area (Å²) < 4.78 is 0. The van der Waals surface area contributed by atoms with E-state index in [4.69, 9.17) is 11.6 Å². The van der Waals surface area contributed by atoms with Crippen LogP contribution in [0.15, 0.2) is 24.3 Å².